The lowest BCUT2D eigenvalue weighted by Gasteiger charge is -2.17. The summed E-state index contributed by atoms with van der Waals surface area (Å²) in [5, 5.41) is 13.5. The molecule has 0 saturated carbocycles. The second-order valence-corrected chi connectivity index (χ2v) is 11.3. The number of sulfonamides is 1. The Morgan fingerprint density at radius 1 is 1.27 bits per heavy atom. The van der Waals surface area contributed by atoms with E-state index in [1.807, 2.05) is 0 Å². The van der Waals surface area contributed by atoms with Crippen molar-refractivity contribution in [3.8, 4) is 0 Å². The molecular weight excluding hydrogens is 487 g/mol. The third kappa shape index (κ3) is 6.17. The molecule has 3 atom stereocenters. The lowest BCUT2D eigenvalue weighted by Crippen LogP contribution is -2.39. The van der Waals surface area contributed by atoms with E-state index >= 15 is 0 Å². The fraction of sp³-hybridized carbons (Fsp3) is 0.350. The van der Waals surface area contributed by atoms with Crippen LogP contribution in [0.25, 0.3) is 10.2 Å². The van der Waals surface area contributed by atoms with Crippen LogP contribution in [0, 0.1) is 5.92 Å². The van der Waals surface area contributed by atoms with Crippen LogP contribution in [0.3, 0.4) is 0 Å². The molecule has 13 heteroatoms. The first-order valence-corrected chi connectivity index (χ1v) is 13.6. The van der Waals surface area contributed by atoms with Gasteiger partial charge in [-0.05, 0) is 45.3 Å². The second-order valence-electron chi connectivity index (χ2n) is 7.62. The highest BCUT2D eigenvalue weighted by Crippen LogP contribution is 2.34. The largest absolute Gasteiger partial charge is 0.511 e. The smallest absolute Gasteiger partial charge is 0.481 e. The number of aliphatic carboxylic acids is 1. The van der Waals surface area contributed by atoms with Gasteiger partial charge in [0.1, 0.15) is 16.3 Å². The average Bonchev–Trinajstić information content (AvgIpc) is 3.25. The summed E-state index contributed by atoms with van der Waals surface area (Å²) in [7, 11) is -6.61. The Balaban J connectivity index is 1.78. The topological polar surface area (TPSA) is 162 Å². The van der Waals surface area contributed by atoms with Crippen molar-refractivity contribution in [2.45, 2.75) is 37.4 Å². The minimum Gasteiger partial charge on any atom is -0.481 e. The van der Waals surface area contributed by atoms with E-state index in [1.165, 1.54) is 6.07 Å². The number of rotatable bonds is 11. The van der Waals surface area contributed by atoms with Gasteiger partial charge in [0.05, 0.1) is 4.70 Å². The Morgan fingerprint density at radius 2 is 2.00 bits per heavy atom. The summed E-state index contributed by atoms with van der Waals surface area (Å²) in [5.41, 5.74) is 7.05. The second kappa shape index (κ2) is 10.7. The zero-order valence-corrected chi connectivity index (χ0v) is 20.4. The molecule has 3 unspecified atom stereocenters. The Morgan fingerprint density at radius 3 is 2.67 bits per heavy atom. The number of nitrogens with one attached hydrogen (secondary N) is 1. The third-order valence-corrected chi connectivity index (χ3v) is 8.12. The molecule has 1 heterocycles. The maximum absolute atomic E-state index is 13.0. The van der Waals surface area contributed by atoms with Gasteiger partial charge in [-0.15, -0.1) is 9.62 Å². The number of hydrogen-bond acceptors (Lipinski definition) is 9. The molecule has 0 bridgehead atoms. The third-order valence-electron chi connectivity index (χ3n) is 4.86. The van der Waals surface area contributed by atoms with Gasteiger partial charge < -0.3 is 10.8 Å². The van der Waals surface area contributed by atoms with Gasteiger partial charge in [0.2, 0.25) is 10.0 Å². The number of aromatic nitrogens is 2. The maximum Gasteiger partial charge on any atom is 0.511 e. The van der Waals surface area contributed by atoms with Crippen LogP contribution in [-0.4, -0.2) is 41.5 Å². The zero-order chi connectivity index (χ0) is 24.2. The Labute approximate surface area is 196 Å². The molecule has 0 spiro atoms. The number of fused-ring (bicyclic) bond motifs is 1. The molecule has 0 aliphatic heterocycles. The number of nitrogens with zero attached hydrogens (tertiary/aromatic N) is 2. The van der Waals surface area contributed by atoms with Crippen LogP contribution in [0.15, 0.2) is 47.4 Å². The lowest BCUT2D eigenvalue weighted by atomic mass is 9.99. The molecule has 4 N–H and O–H groups in total. The molecule has 3 aromatic rings. The lowest BCUT2D eigenvalue weighted by molar-refractivity contribution is -0.138. The molecular formula is C20H24N4O6PS2+. The SMILES string of the molecule is CC(C)C(NS(=O)(=O)c1cccc2snnc12)O[P+](=O)CC(C(=O)O)c1cccc(CN)c1. The van der Waals surface area contributed by atoms with E-state index in [0.29, 0.717) is 10.3 Å². The molecule has 1 aromatic heterocycles. The van der Waals surface area contributed by atoms with Gasteiger partial charge in [-0.2, -0.15) is 4.72 Å². The van der Waals surface area contributed by atoms with Crippen LogP contribution < -0.4 is 10.5 Å². The van der Waals surface area contributed by atoms with Crippen molar-refractivity contribution in [2.75, 3.05) is 6.16 Å². The van der Waals surface area contributed by atoms with E-state index in [4.69, 9.17) is 10.3 Å². The molecule has 3 rings (SSSR count). The normalized spacial score (nSPS) is 14.4. The highest BCUT2D eigenvalue weighted by Gasteiger charge is 2.37. The van der Waals surface area contributed by atoms with E-state index < -0.39 is 42.1 Å². The first-order valence-electron chi connectivity index (χ1n) is 9.99. The number of carboxylic acid groups (broad SMARTS) is 1. The van der Waals surface area contributed by atoms with E-state index in [-0.39, 0.29) is 23.1 Å². The number of carboxylic acids is 1. The van der Waals surface area contributed by atoms with Gasteiger partial charge in [0.15, 0.2) is 12.4 Å². The van der Waals surface area contributed by atoms with E-state index in [9.17, 15) is 22.9 Å². The van der Waals surface area contributed by atoms with E-state index in [2.05, 4.69) is 14.3 Å². The molecule has 0 aliphatic rings. The minimum absolute atomic E-state index is 0.0692. The van der Waals surface area contributed by atoms with Crippen LogP contribution >= 0.6 is 19.6 Å². The summed E-state index contributed by atoms with van der Waals surface area (Å²) in [6, 6.07) is 11.4. The summed E-state index contributed by atoms with van der Waals surface area (Å²) in [5.74, 6) is -2.66. The van der Waals surface area contributed by atoms with Crippen LogP contribution in [-0.2, 0) is 30.5 Å². The first-order chi connectivity index (χ1) is 15.6. The van der Waals surface area contributed by atoms with Crippen molar-refractivity contribution in [3.05, 3.63) is 53.6 Å². The maximum atomic E-state index is 13.0. The summed E-state index contributed by atoms with van der Waals surface area (Å²) >= 11 is 1.07. The van der Waals surface area contributed by atoms with Gasteiger partial charge in [0.25, 0.3) is 0 Å². The first kappa shape index (κ1) is 25.3. The zero-order valence-electron chi connectivity index (χ0n) is 17.9. The van der Waals surface area contributed by atoms with Gasteiger partial charge in [-0.1, -0.05) is 48.7 Å². The predicted octanol–water partition coefficient (Wildman–Crippen LogP) is 3.04. The standard InChI is InChI=1S/C20H23N4O6PS2/c1-12(2)19(23-33(28,29)17-8-4-7-16-18(17)22-24-32-16)30-31(27)11-15(20(25)26)14-6-3-5-13(9-14)10-21/h3-9,12,15,19,23H,10-11,21H2,1-2H3/p+1. The van der Waals surface area contributed by atoms with Crippen molar-refractivity contribution in [3.63, 3.8) is 0 Å². The van der Waals surface area contributed by atoms with Gasteiger partial charge in [0, 0.05) is 6.54 Å². The van der Waals surface area contributed by atoms with Gasteiger partial charge in [-0.3, -0.25) is 4.79 Å². The summed E-state index contributed by atoms with van der Waals surface area (Å²) in [6.45, 7) is 3.63. The highest BCUT2D eigenvalue weighted by atomic mass is 32.2. The Bertz CT molecular complexity index is 1260. The van der Waals surface area contributed by atoms with E-state index in [0.717, 1.165) is 17.1 Å². The molecule has 0 amide bonds. The van der Waals surface area contributed by atoms with Gasteiger partial charge >= 0.3 is 14.0 Å². The number of carbonyl (C=O) groups is 1. The average molecular weight is 512 g/mol. The summed E-state index contributed by atoms with van der Waals surface area (Å²) in [4.78, 5) is 11.8. The van der Waals surface area contributed by atoms with Gasteiger partial charge in [-0.25, -0.2) is 8.42 Å². The van der Waals surface area contributed by atoms with Crippen molar-refractivity contribution in [2.24, 2.45) is 11.7 Å². The van der Waals surface area contributed by atoms with Crippen LogP contribution in [0.4, 0.5) is 0 Å². The highest BCUT2D eigenvalue weighted by molar-refractivity contribution is 7.89. The Hall–Kier alpha value is -2.34. The fourth-order valence-electron chi connectivity index (χ4n) is 3.07. The molecule has 0 aliphatic carbocycles. The molecule has 33 heavy (non-hydrogen) atoms. The Kier molecular flexibility index (Phi) is 8.22. The molecule has 0 saturated heterocycles. The quantitative estimate of drug-likeness (QED) is 0.259. The van der Waals surface area contributed by atoms with Crippen LogP contribution in [0.1, 0.15) is 30.9 Å². The van der Waals surface area contributed by atoms with E-state index in [1.54, 1.807) is 50.2 Å². The van der Waals surface area contributed by atoms with Crippen molar-refractivity contribution >= 4 is 45.8 Å². The fourth-order valence-corrected chi connectivity index (χ4v) is 6.51. The predicted molar refractivity (Wildman–Crippen MR) is 125 cm³/mol. The number of hydrogen-bond donors (Lipinski definition) is 3. The van der Waals surface area contributed by atoms with Crippen molar-refractivity contribution < 1.29 is 27.4 Å². The molecule has 0 radical (unpaired) electrons. The van der Waals surface area contributed by atoms with Crippen LogP contribution in [0.5, 0.6) is 0 Å². The minimum atomic E-state index is -4.08. The monoisotopic (exact) mass is 511 g/mol. The van der Waals surface area contributed by atoms with Crippen molar-refractivity contribution in [1.29, 1.82) is 0 Å². The number of benzene rings is 2. The summed E-state index contributed by atoms with van der Waals surface area (Å²) in [6.07, 6.45) is -1.47. The summed E-state index contributed by atoms with van der Waals surface area (Å²) < 4.78 is 51.1. The van der Waals surface area contributed by atoms with Crippen LogP contribution in [0.2, 0.25) is 0 Å². The molecule has 2 aromatic carbocycles. The molecule has 0 fully saturated rings. The molecule has 10 nitrogen and oxygen atoms in total. The molecule has 176 valence electrons. The van der Waals surface area contributed by atoms with Crippen molar-refractivity contribution in [1.82, 2.24) is 14.3 Å². The number of nitrogens with two attached hydrogens (primary N) is 1.